The Morgan fingerprint density at radius 1 is 1.25 bits per heavy atom. The maximum absolute atomic E-state index is 13.5. The number of hydroxylamine groups is 1. The number of halogens is 1. The summed E-state index contributed by atoms with van der Waals surface area (Å²) in [4.78, 5) is 21.4. The fraction of sp³-hybridized carbons (Fsp3) is 0.368. The van der Waals surface area contributed by atoms with Crippen molar-refractivity contribution in [3.8, 4) is 0 Å². The molecule has 0 fully saturated rings. The normalized spacial score (nSPS) is 12.9. The van der Waals surface area contributed by atoms with Gasteiger partial charge >= 0.3 is 0 Å². The monoisotopic (exact) mass is 424 g/mol. The predicted molar refractivity (Wildman–Crippen MR) is 107 cm³/mol. The fourth-order valence-electron chi connectivity index (χ4n) is 2.79. The van der Waals surface area contributed by atoms with E-state index in [4.69, 9.17) is 16.4 Å². The number of rotatable bonds is 9. The van der Waals surface area contributed by atoms with Gasteiger partial charge in [-0.05, 0) is 36.1 Å². The van der Waals surface area contributed by atoms with Crippen LogP contribution in [-0.4, -0.2) is 36.8 Å². The highest BCUT2D eigenvalue weighted by atomic mass is 35.5. The van der Waals surface area contributed by atoms with Crippen LogP contribution in [0.1, 0.15) is 25.8 Å². The Labute approximate surface area is 170 Å². The number of pyridine rings is 1. The molecule has 0 aliphatic rings. The molecule has 0 saturated heterocycles. The Morgan fingerprint density at radius 2 is 1.96 bits per heavy atom. The van der Waals surface area contributed by atoms with Gasteiger partial charge in [-0.25, -0.2) is 13.9 Å². The summed E-state index contributed by atoms with van der Waals surface area (Å²) in [6, 6.07) is 8.65. The zero-order chi connectivity index (χ0) is 20.7. The van der Waals surface area contributed by atoms with Crippen LogP contribution in [-0.2, 0) is 26.2 Å². The number of carbonyl (C=O) groups excluding carboxylic acids is 1. The molecule has 0 spiro atoms. The van der Waals surface area contributed by atoms with Crippen molar-refractivity contribution >= 4 is 27.5 Å². The quantitative estimate of drug-likeness (QED) is 0.625. The average Bonchev–Trinajstić information content (AvgIpc) is 2.65. The lowest BCUT2D eigenvalue weighted by Gasteiger charge is -2.31. The molecule has 7 nitrogen and oxygen atoms in total. The maximum Gasteiger partial charge on any atom is 0.261 e. The van der Waals surface area contributed by atoms with Crippen molar-refractivity contribution in [1.82, 2.24) is 14.8 Å². The number of amides is 1. The van der Waals surface area contributed by atoms with Crippen LogP contribution in [0.25, 0.3) is 0 Å². The molecular weight excluding hydrogens is 401 g/mol. The zero-order valence-electron chi connectivity index (χ0n) is 16.0. The molecule has 0 radical (unpaired) electrons. The second kappa shape index (κ2) is 9.97. The van der Waals surface area contributed by atoms with E-state index in [9.17, 15) is 13.2 Å². The number of hydrogen-bond donors (Lipinski definition) is 1. The standard InChI is InChI=1S/C19H24ClN3O4S/c1-14(2)11-17(19(24)22-27-3)23(13-15-7-6-10-21-12-15)28(25,26)18-9-5-4-8-16(18)20/h4-10,12,14,17H,11,13H2,1-3H3,(H,22,24)/t17-/m1/s1/i3-1. The molecule has 9 heteroatoms. The van der Waals surface area contributed by atoms with Crippen LogP contribution >= 0.6 is 11.6 Å². The minimum Gasteiger partial charge on any atom is -0.277 e. The molecule has 0 bridgehead atoms. The van der Waals surface area contributed by atoms with Gasteiger partial charge in [-0.3, -0.25) is 14.6 Å². The SMILES string of the molecule is CC(C)C[C@H](C(=O)NO[11CH3])N(Cc1cccnc1)S(=O)(=O)c1ccccc1Cl. The van der Waals surface area contributed by atoms with Crippen molar-refractivity contribution < 1.29 is 18.0 Å². The summed E-state index contributed by atoms with van der Waals surface area (Å²) in [6.07, 6.45) is 3.47. The molecule has 1 heterocycles. The van der Waals surface area contributed by atoms with E-state index in [-0.39, 0.29) is 22.4 Å². The van der Waals surface area contributed by atoms with Crippen LogP contribution in [0.5, 0.6) is 0 Å². The number of sulfonamides is 1. The Bertz CT molecular complexity index is 891. The highest BCUT2D eigenvalue weighted by Gasteiger charge is 2.37. The smallest absolute Gasteiger partial charge is 0.261 e. The van der Waals surface area contributed by atoms with Gasteiger partial charge < -0.3 is 0 Å². The molecule has 1 atom stereocenters. The number of hydrogen-bond acceptors (Lipinski definition) is 5. The summed E-state index contributed by atoms with van der Waals surface area (Å²) in [7, 11) is -2.78. The van der Waals surface area contributed by atoms with E-state index in [1.165, 1.54) is 19.2 Å². The fourth-order valence-corrected chi connectivity index (χ4v) is 4.87. The molecule has 0 saturated carbocycles. The first-order valence-electron chi connectivity index (χ1n) is 8.75. The molecule has 2 aromatic rings. The molecule has 1 amide bonds. The molecule has 1 aromatic heterocycles. The van der Waals surface area contributed by atoms with Gasteiger partial charge in [0.1, 0.15) is 10.9 Å². The van der Waals surface area contributed by atoms with E-state index in [2.05, 4.69) is 10.5 Å². The average molecular weight is 425 g/mol. The van der Waals surface area contributed by atoms with Crippen LogP contribution in [0, 0.1) is 5.92 Å². The Morgan fingerprint density at radius 3 is 2.54 bits per heavy atom. The Balaban J connectivity index is 2.57. The molecule has 0 aliphatic carbocycles. The molecule has 152 valence electrons. The van der Waals surface area contributed by atoms with Crippen molar-refractivity contribution in [3.63, 3.8) is 0 Å². The highest BCUT2D eigenvalue weighted by Crippen LogP contribution is 2.29. The number of nitrogens with zero attached hydrogens (tertiary/aromatic N) is 2. The summed E-state index contributed by atoms with van der Waals surface area (Å²) >= 11 is 6.16. The second-order valence-electron chi connectivity index (χ2n) is 6.66. The van der Waals surface area contributed by atoms with Gasteiger partial charge in [0, 0.05) is 18.9 Å². The molecule has 1 N–H and O–H groups in total. The summed E-state index contributed by atoms with van der Waals surface area (Å²) in [5.41, 5.74) is 2.91. The molecule has 0 aliphatic heterocycles. The first-order chi connectivity index (χ1) is 13.3. The molecule has 0 unspecified atom stereocenters. The third kappa shape index (κ3) is 5.51. The van der Waals surface area contributed by atoms with Crippen LogP contribution in [0.3, 0.4) is 0 Å². The van der Waals surface area contributed by atoms with Crippen molar-refractivity contribution in [1.29, 1.82) is 0 Å². The van der Waals surface area contributed by atoms with Gasteiger partial charge in [0.25, 0.3) is 5.91 Å². The predicted octanol–water partition coefficient (Wildman–Crippen LogP) is 3.02. The Kier molecular flexibility index (Phi) is 7.94. The van der Waals surface area contributed by atoms with Crippen molar-refractivity contribution in [2.45, 2.75) is 37.8 Å². The lowest BCUT2D eigenvalue weighted by atomic mass is 10.0. The summed E-state index contributed by atoms with van der Waals surface area (Å²) < 4.78 is 28.1. The Hall–Kier alpha value is -2.00. The number of aromatic nitrogens is 1. The zero-order valence-corrected chi connectivity index (χ0v) is 17.6. The van der Waals surface area contributed by atoms with E-state index >= 15 is 0 Å². The number of benzene rings is 1. The van der Waals surface area contributed by atoms with Crippen LogP contribution in [0.2, 0.25) is 5.02 Å². The lowest BCUT2D eigenvalue weighted by Crippen LogP contribution is -2.49. The largest absolute Gasteiger partial charge is 0.277 e. The third-order valence-corrected chi connectivity index (χ3v) is 6.39. The van der Waals surface area contributed by atoms with E-state index in [1.807, 2.05) is 13.8 Å². The molecule has 1 aromatic carbocycles. The van der Waals surface area contributed by atoms with Crippen LogP contribution < -0.4 is 5.48 Å². The van der Waals surface area contributed by atoms with E-state index in [0.717, 1.165) is 4.31 Å². The summed E-state index contributed by atoms with van der Waals surface area (Å²) in [5.74, 6) is -0.485. The van der Waals surface area contributed by atoms with Crippen LogP contribution in [0.15, 0.2) is 53.7 Å². The summed E-state index contributed by atoms with van der Waals surface area (Å²) in [6.45, 7) is 3.80. The van der Waals surface area contributed by atoms with Gasteiger partial charge in [-0.1, -0.05) is 43.6 Å². The second-order valence-corrected chi connectivity index (χ2v) is 8.92. The van der Waals surface area contributed by atoms with Gasteiger partial charge in [-0.2, -0.15) is 4.31 Å². The topological polar surface area (TPSA) is 88.6 Å². The summed E-state index contributed by atoms with van der Waals surface area (Å²) in [5, 5.41) is 0.0918. The van der Waals surface area contributed by atoms with Crippen molar-refractivity contribution in [2.75, 3.05) is 7.11 Å². The van der Waals surface area contributed by atoms with Gasteiger partial charge in [0.15, 0.2) is 0 Å². The minimum atomic E-state index is -4.08. The van der Waals surface area contributed by atoms with Gasteiger partial charge in [0.2, 0.25) is 10.0 Å². The first-order valence-corrected chi connectivity index (χ1v) is 10.6. The maximum atomic E-state index is 13.5. The van der Waals surface area contributed by atoms with Crippen molar-refractivity contribution in [2.24, 2.45) is 5.92 Å². The minimum absolute atomic E-state index is 0.0318. The highest BCUT2D eigenvalue weighted by molar-refractivity contribution is 7.89. The third-order valence-electron chi connectivity index (χ3n) is 4.03. The van der Waals surface area contributed by atoms with E-state index < -0.39 is 22.0 Å². The molecular formula is C19H24ClN3O4S. The number of nitrogens with one attached hydrogen (secondary N) is 1. The van der Waals surface area contributed by atoms with Gasteiger partial charge in [-0.15, -0.1) is 0 Å². The lowest BCUT2D eigenvalue weighted by molar-refractivity contribution is -0.136. The van der Waals surface area contributed by atoms with Crippen molar-refractivity contribution in [3.05, 3.63) is 59.4 Å². The molecule has 2 rings (SSSR count). The van der Waals surface area contributed by atoms with Gasteiger partial charge in [0.05, 0.1) is 12.1 Å². The number of carbonyl (C=O) groups is 1. The van der Waals surface area contributed by atoms with E-state index in [0.29, 0.717) is 12.0 Å². The van der Waals surface area contributed by atoms with E-state index in [1.54, 1.807) is 36.7 Å². The van der Waals surface area contributed by atoms with Crippen LogP contribution in [0.4, 0.5) is 0 Å². The first kappa shape index (κ1) is 22.3. The molecule has 28 heavy (non-hydrogen) atoms.